The summed E-state index contributed by atoms with van der Waals surface area (Å²) in [5, 5.41) is -0.682. The standard InChI is InChI=1S/C10H8Br3ClO2/c1-16-10(15)9(14)4-6-7(12)2-5(11)3-8(6)13/h2-3,9H,4H2,1H3. The fourth-order valence-corrected chi connectivity index (χ4v) is 3.98. The van der Waals surface area contributed by atoms with Crippen molar-refractivity contribution in [3.8, 4) is 0 Å². The molecular formula is C10H8Br3ClO2. The van der Waals surface area contributed by atoms with Gasteiger partial charge in [-0.05, 0) is 17.7 Å². The highest BCUT2D eigenvalue weighted by atomic mass is 79.9. The van der Waals surface area contributed by atoms with Gasteiger partial charge in [0.25, 0.3) is 0 Å². The zero-order valence-electron chi connectivity index (χ0n) is 8.27. The highest BCUT2D eigenvalue weighted by Gasteiger charge is 2.19. The maximum atomic E-state index is 11.2. The highest BCUT2D eigenvalue weighted by molar-refractivity contribution is 9.11. The van der Waals surface area contributed by atoms with Gasteiger partial charge >= 0.3 is 5.97 Å². The molecule has 0 heterocycles. The largest absolute Gasteiger partial charge is 0.468 e. The summed E-state index contributed by atoms with van der Waals surface area (Å²) in [6, 6.07) is 3.81. The molecule has 0 amide bonds. The molecule has 0 aromatic heterocycles. The molecule has 0 aliphatic rings. The van der Waals surface area contributed by atoms with Crippen LogP contribution in [0.15, 0.2) is 25.6 Å². The molecule has 1 aromatic rings. The first-order chi connectivity index (χ1) is 7.45. The number of hydrogen-bond donors (Lipinski definition) is 0. The minimum atomic E-state index is -0.682. The van der Waals surface area contributed by atoms with E-state index in [0.717, 1.165) is 19.0 Å². The lowest BCUT2D eigenvalue weighted by Crippen LogP contribution is -2.19. The molecule has 0 fully saturated rings. The third kappa shape index (κ3) is 3.72. The maximum Gasteiger partial charge on any atom is 0.324 e. The van der Waals surface area contributed by atoms with E-state index in [1.165, 1.54) is 7.11 Å². The quantitative estimate of drug-likeness (QED) is 0.523. The van der Waals surface area contributed by atoms with Crippen LogP contribution < -0.4 is 0 Å². The minimum Gasteiger partial charge on any atom is -0.468 e. The average Bonchev–Trinajstić information content (AvgIpc) is 2.21. The third-order valence-electron chi connectivity index (χ3n) is 1.95. The molecule has 2 nitrogen and oxygen atoms in total. The van der Waals surface area contributed by atoms with Crippen LogP contribution in [-0.4, -0.2) is 18.5 Å². The predicted octanol–water partition coefficient (Wildman–Crippen LogP) is 4.30. The number of benzene rings is 1. The summed E-state index contributed by atoms with van der Waals surface area (Å²) in [6.45, 7) is 0. The predicted molar refractivity (Wildman–Crippen MR) is 74.9 cm³/mol. The molecule has 0 saturated heterocycles. The molecule has 1 unspecified atom stereocenters. The molecule has 88 valence electrons. The zero-order chi connectivity index (χ0) is 12.3. The number of hydrogen-bond acceptors (Lipinski definition) is 2. The lowest BCUT2D eigenvalue weighted by molar-refractivity contribution is -0.140. The van der Waals surface area contributed by atoms with Gasteiger partial charge in [0, 0.05) is 19.8 Å². The topological polar surface area (TPSA) is 26.3 Å². The average molecular weight is 435 g/mol. The van der Waals surface area contributed by atoms with Gasteiger partial charge in [0.15, 0.2) is 0 Å². The minimum absolute atomic E-state index is 0.405. The number of alkyl halides is 1. The van der Waals surface area contributed by atoms with Crippen LogP contribution in [0.1, 0.15) is 5.56 Å². The van der Waals surface area contributed by atoms with Gasteiger partial charge < -0.3 is 4.74 Å². The van der Waals surface area contributed by atoms with Gasteiger partial charge in [0.2, 0.25) is 0 Å². The van der Waals surface area contributed by atoms with Gasteiger partial charge in [-0.2, -0.15) is 0 Å². The second kappa shape index (κ2) is 6.38. The van der Waals surface area contributed by atoms with Gasteiger partial charge in [0.1, 0.15) is 5.38 Å². The van der Waals surface area contributed by atoms with Gasteiger partial charge in [-0.15, -0.1) is 11.6 Å². The van der Waals surface area contributed by atoms with E-state index >= 15 is 0 Å². The fourth-order valence-electron chi connectivity index (χ4n) is 1.16. The van der Waals surface area contributed by atoms with Crippen LogP contribution in [-0.2, 0) is 16.0 Å². The number of rotatable bonds is 3. The Balaban J connectivity index is 2.93. The monoisotopic (exact) mass is 432 g/mol. The Labute approximate surface area is 124 Å². The molecule has 0 aliphatic heterocycles. The summed E-state index contributed by atoms with van der Waals surface area (Å²) in [5.74, 6) is -0.427. The van der Waals surface area contributed by atoms with Crippen LogP contribution >= 0.6 is 59.4 Å². The first-order valence-corrected chi connectivity index (χ1v) is 7.12. The van der Waals surface area contributed by atoms with E-state index in [-0.39, 0.29) is 0 Å². The molecule has 1 rings (SSSR count). The first-order valence-electron chi connectivity index (χ1n) is 4.31. The summed E-state index contributed by atoms with van der Waals surface area (Å²) < 4.78 is 7.30. The molecule has 1 atom stereocenters. The molecule has 0 bridgehead atoms. The van der Waals surface area contributed by atoms with Crippen molar-refractivity contribution in [1.82, 2.24) is 0 Å². The Morgan fingerprint density at radius 2 is 1.88 bits per heavy atom. The summed E-state index contributed by atoms with van der Waals surface area (Å²) in [7, 11) is 1.32. The van der Waals surface area contributed by atoms with Gasteiger partial charge in [0.05, 0.1) is 7.11 Å². The van der Waals surface area contributed by atoms with E-state index in [4.69, 9.17) is 11.6 Å². The van der Waals surface area contributed by atoms with E-state index in [0.29, 0.717) is 6.42 Å². The number of methoxy groups -OCH3 is 1. The summed E-state index contributed by atoms with van der Waals surface area (Å²) in [6.07, 6.45) is 0.405. The molecule has 0 N–H and O–H groups in total. The van der Waals surface area contributed by atoms with E-state index in [1.807, 2.05) is 12.1 Å². The molecular weight excluding hydrogens is 427 g/mol. The number of ether oxygens (including phenoxy) is 1. The van der Waals surface area contributed by atoms with E-state index in [1.54, 1.807) is 0 Å². The Morgan fingerprint density at radius 3 is 2.31 bits per heavy atom. The van der Waals surface area contributed by atoms with Gasteiger partial charge in [-0.25, -0.2) is 0 Å². The number of halogens is 4. The fraction of sp³-hybridized carbons (Fsp3) is 0.300. The van der Waals surface area contributed by atoms with Crippen molar-refractivity contribution in [2.75, 3.05) is 7.11 Å². The lowest BCUT2D eigenvalue weighted by atomic mass is 10.1. The second-order valence-corrected chi connectivity index (χ2v) is 6.19. The van der Waals surface area contributed by atoms with Gasteiger partial charge in [-0.3, -0.25) is 4.79 Å². The van der Waals surface area contributed by atoms with Crippen LogP contribution in [0.5, 0.6) is 0 Å². The van der Waals surface area contributed by atoms with Crippen molar-refractivity contribution < 1.29 is 9.53 Å². The van der Waals surface area contributed by atoms with Crippen LogP contribution in [0.25, 0.3) is 0 Å². The highest BCUT2D eigenvalue weighted by Crippen LogP contribution is 2.31. The van der Waals surface area contributed by atoms with Crippen molar-refractivity contribution in [1.29, 1.82) is 0 Å². The number of carbonyl (C=O) groups is 1. The SMILES string of the molecule is COC(=O)C(Cl)Cc1c(Br)cc(Br)cc1Br. The second-order valence-electron chi connectivity index (χ2n) is 3.04. The molecule has 6 heteroatoms. The zero-order valence-corrected chi connectivity index (χ0v) is 13.8. The van der Waals surface area contributed by atoms with Crippen LogP contribution in [0.4, 0.5) is 0 Å². The molecule has 0 aliphatic carbocycles. The Morgan fingerprint density at radius 1 is 1.38 bits per heavy atom. The maximum absolute atomic E-state index is 11.2. The molecule has 0 saturated carbocycles. The summed E-state index contributed by atoms with van der Waals surface area (Å²) in [5.41, 5.74) is 0.939. The molecule has 0 spiro atoms. The van der Waals surface area contributed by atoms with Crippen LogP contribution in [0, 0.1) is 0 Å². The Bertz CT molecular complexity index is 386. The van der Waals surface area contributed by atoms with E-state index in [2.05, 4.69) is 52.5 Å². The number of esters is 1. The first kappa shape index (κ1) is 14.5. The van der Waals surface area contributed by atoms with Crippen molar-refractivity contribution in [2.24, 2.45) is 0 Å². The lowest BCUT2D eigenvalue weighted by Gasteiger charge is -2.11. The van der Waals surface area contributed by atoms with Crippen LogP contribution in [0.2, 0.25) is 0 Å². The summed E-state index contributed by atoms with van der Waals surface area (Å²) >= 11 is 16.1. The van der Waals surface area contributed by atoms with E-state index in [9.17, 15) is 4.79 Å². The van der Waals surface area contributed by atoms with Crippen molar-refractivity contribution in [3.05, 3.63) is 31.1 Å². The smallest absolute Gasteiger partial charge is 0.324 e. The molecule has 0 radical (unpaired) electrons. The van der Waals surface area contributed by atoms with Crippen molar-refractivity contribution >= 4 is 65.4 Å². The number of carbonyl (C=O) groups excluding carboxylic acids is 1. The van der Waals surface area contributed by atoms with Crippen molar-refractivity contribution in [3.63, 3.8) is 0 Å². The van der Waals surface area contributed by atoms with Crippen LogP contribution in [0.3, 0.4) is 0 Å². The van der Waals surface area contributed by atoms with E-state index < -0.39 is 11.3 Å². The van der Waals surface area contributed by atoms with Crippen molar-refractivity contribution in [2.45, 2.75) is 11.8 Å². The Kier molecular flexibility index (Phi) is 5.77. The molecule has 16 heavy (non-hydrogen) atoms. The third-order valence-corrected chi connectivity index (χ3v) is 4.15. The summed E-state index contributed by atoms with van der Waals surface area (Å²) in [4.78, 5) is 11.2. The molecule has 1 aromatic carbocycles. The van der Waals surface area contributed by atoms with Gasteiger partial charge in [-0.1, -0.05) is 47.8 Å². The normalized spacial score (nSPS) is 12.3. The Hall–Kier alpha value is 0.420.